The Balaban J connectivity index is 1.26. The summed E-state index contributed by atoms with van der Waals surface area (Å²) < 4.78 is 6.31. The first-order valence-corrected chi connectivity index (χ1v) is 12.4. The molecule has 2 amide bonds. The smallest absolute Gasteiger partial charge is 0.411 e. The normalized spacial score (nSPS) is 15.0. The van der Waals surface area contributed by atoms with Crippen LogP contribution in [-0.2, 0) is 9.53 Å². The fourth-order valence-electron chi connectivity index (χ4n) is 4.58. The molecule has 1 fully saturated rings. The van der Waals surface area contributed by atoms with Crippen molar-refractivity contribution in [2.75, 3.05) is 11.9 Å². The quantitative estimate of drug-likeness (QED) is 0.331. The van der Waals surface area contributed by atoms with E-state index in [-0.39, 0.29) is 24.0 Å². The van der Waals surface area contributed by atoms with Gasteiger partial charge in [0.15, 0.2) is 0 Å². The van der Waals surface area contributed by atoms with Crippen molar-refractivity contribution in [2.24, 2.45) is 5.92 Å². The molecule has 1 atom stereocenters. The van der Waals surface area contributed by atoms with E-state index in [0.29, 0.717) is 5.69 Å². The molecule has 3 aromatic carbocycles. The van der Waals surface area contributed by atoms with Crippen LogP contribution in [0.5, 0.6) is 0 Å². The lowest BCUT2D eigenvalue weighted by molar-refractivity contribution is -0.139. The molecule has 7 nitrogen and oxygen atoms in total. The maximum atomic E-state index is 12.7. The molecule has 0 aromatic heterocycles. The maximum Gasteiger partial charge on any atom is 0.411 e. The van der Waals surface area contributed by atoms with Crippen LogP contribution in [0.25, 0.3) is 11.1 Å². The number of carboxylic acid groups (broad SMARTS) is 1. The highest BCUT2D eigenvalue weighted by atomic mass is 127. The van der Waals surface area contributed by atoms with Crippen molar-refractivity contribution in [1.29, 1.82) is 0 Å². The van der Waals surface area contributed by atoms with Crippen molar-refractivity contribution in [2.45, 2.75) is 24.8 Å². The Morgan fingerprint density at radius 2 is 1.60 bits per heavy atom. The second kappa shape index (κ2) is 9.69. The standard InChI is InChI=1S/C27H23IN2O5/c28-17-11-16(25(31)30-24(26(32)33)15-9-10-15)12-18(13-17)29-27(34)35-14-23-21-7-3-1-5-19(21)20-6-2-4-8-22(20)23/h1-8,11-13,15,23-24H,9-10,14H2,(H,29,34)(H,30,31)(H,32,33). The van der Waals surface area contributed by atoms with E-state index >= 15 is 0 Å². The Morgan fingerprint density at radius 1 is 0.971 bits per heavy atom. The molecule has 35 heavy (non-hydrogen) atoms. The Kier molecular flexibility index (Phi) is 6.46. The van der Waals surface area contributed by atoms with Crippen LogP contribution < -0.4 is 10.6 Å². The summed E-state index contributed by atoms with van der Waals surface area (Å²) in [6, 6.07) is 20.2. The molecule has 0 bridgehead atoms. The van der Waals surface area contributed by atoms with Crippen LogP contribution in [0.2, 0.25) is 0 Å². The summed E-state index contributed by atoms with van der Waals surface area (Å²) >= 11 is 2.05. The van der Waals surface area contributed by atoms with E-state index in [9.17, 15) is 19.5 Å². The number of carboxylic acids is 1. The Hall–Kier alpha value is -3.40. The van der Waals surface area contributed by atoms with Gasteiger partial charge in [0.2, 0.25) is 0 Å². The third-order valence-electron chi connectivity index (χ3n) is 6.40. The minimum absolute atomic E-state index is 0.0299. The fraction of sp³-hybridized carbons (Fsp3) is 0.222. The highest BCUT2D eigenvalue weighted by Gasteiger charge is 2.37. The topological polar surface area (TPSA) is 105 Å². The average Bonchev–Trinajstić information content (AvgIpc) is 3.63. The summed E-state index contributed by atoms with van der Waals surface area (Å²) in [6.45, 7) is 0.179. The number of anilines is 1. The molecule has 1 unspecified atom stereocenters. The van der Waals surface area contributed by atoms with E-state index in [1.165, 1.54) is 6.07 Å². The molecular formula is C27H23IN2O5. The van der Waals surface area contributed by atoms with Crippen molar-refractivity contribution in [3.63, 3.8) is 0 Å². The van der Waals surface area contributed by atoms with E-state index < -0.39 is 24.0 Å². The predicted octanol–water partition coefficient (Wildman–Crippen LogP) is 5.25. The van der Waals surface area contributed by atoms with Crippen LogP contribution in [0.3, 0.4) is 0 Å². The van der Waals surface area contributed by atoms with Gasteiger partial charge in [-0.05, 0) is 81.8 Å². The zero-order valence-corrected chi connectivity index (χ0v) is 20.8. The molecule has 3 aromatic rings. The Labute approximate surface area is 216 Å². The van der Waals surface area contributed by atoms with Crippen LogP contribution in [0.15, 0.2) is 66.7 Å². The van der Waals surface area contributed by atoms with Gasteiger partial charge in [-0.15, -0.1) is 0 Å². The highest BCUT2D eigenvalue weighted by molar-refractivity contribution is 14.1. The number of rotatable bonds is 7. The molecule has 1 saturated carbocycles. The minimum Gasteiger partial charge on any atom is -0.480 e. The first kappa shape index (κ1) is 23.3. The number of hydrogen-bond donors (Lipinski definition) is 3. The summed E-state index contributed by atoms with van der Waals surface area (Å²) in [4.78, 5) is 36.8. The number of ether oxygens (including phenoxy) is 1. The molecule has 2 aliphatic rings. The van der Waals surface area contributed by atoms with Crippen molar-refractivity contribution in [3.8, 4) is 11.1 Å². The zero-order chi connectivity index (χ0) is 24.5. The third-order valence-corrected chi connectivity index (χ3v) is 7.02. The summed E-state index contributed by atoms with van der Waals surface area (Å²) in [5, 5.41) is 14.7. The van der Waals surface area contributed by atoms with Gasteiger partial charge in [0.05, 0.1) is 0 Å². The number of nitrogens with one attached hydrogen (secondary N) is 2. The van der Waals surface area contributed by atoms with Gasteiger partial charge in [-0.1, -0.05) is 48.5 Å². The van der Waals surface area contributed by atoms with Gasteiger partial charge in [0.25, 0.3) is 5.91 Å². The first-order chi connectivity index (χ1) is 16.9. The molecule has 2 aliphatic carbocycles. The minimum atomic E-state index is -1.04. The van der Waals surface area contributed by atoms with Gasteiger partial charge in [-0.25, -0.2) is 9.59 Å². The van der Waals surface area contributed by atoms with Gasteiger partial charge in [-0.2, -0.15) is 0 Å². The number of amides is 2. The molecule has 178 valence electrons. The molecule has 0 radical (unpaired) electrons. The SMILES string of the molecule is O=C(Nc1cc(I)cc(C(=O)NC(C(=O)O)C2CC2)c1)OCC1c2ccccc2-c2ccccc21. The molecular weight excluding hydrogens is 559 g/mol. The fourth-order valence-corrected chi connectivity index (χ4v) is 5.25. The number of carbonyl (C=O) groups is 3. The van der Waals surface area contributed by atoms with E-state index in [1.54, 1.807) is 12.1 Å². The van der Waals surface area contributed by atoms with Crippen LogP contribution in [0.1, 0.15) is 40.2 Å². The number of hydrogen-bond acceptors (Lipinski definition) is 4. The molecule has 0 spiro atoms. The van der Waals surface area contributed by atoms with Gasteiger partial charge in [0, 0.05) is 20.7 Å². The number of halogens is 1. The van der Waals surface area contributed by atoms with Crippen LogP contribution in [0, 0.1) is 9.49 Å². The molecule has 3 N–H and O–H groups in total. The lowest BCUT2D eigenvalue weighted by Gasteiger charge is -2.16. The van der Waals surface area contributed by atoms with Gasteiger partial charge >= 0.3 is 12.1 Å². The van der Waals surface area contributed by atoms with E-state index in [2.05, 4.69) is 34.9 Å². The second-order valence-corrected chi connectivity index (χ2v) is 10.1. The second-order valence-electron chi connectivity index (χ2n) is 8.81. The highest BCUT2D eigenvalue weighted by Crippen LogP contribution is 2.44. The van der Waals surface area contributed by atoms with Crippen LogP contribution in [-0.4, -0.2) is 35.7 Å². The molecule has 5 rings (SSSR count). The summed E-state index contributed by atoms with van der Waals surface area (Å²) in [7, 11) is 0. The predicted molar refractivity (Wildman–Crippen MR) is 139 cm³/mol. The molecule has 0 heterocycles. The Bertz CT molecular complexity index is 1270. The number of carbonyl (C=O) groups excluding carboxylic acids is 2. The van der Waals surface area contributed by atoms with Gasteiger partial charge < -0.3 is 15.2 Å². The van der Waals surface area contributed by atoms with Crippen molar-refractivity contribution >= 4 is 46.2 Å². The number of benzene rings is 3. The third kappa shape index (κ3) is 5.02. The van der Waals surface area contributed by atoms with E-state index in [1.807, 2.05) is 46.9 Å². The van der Waals surface area contributed by atoms with Crippen molar-refractivity contribution in [1.82, 2.24) is 5.32 Å². The summed E-state index contributed by atoms with van der Waals surface area (Å²) in [5.41, 5.74) is 5.22. The largest absolute Gasteiger partial charge is 0.480 e. The number of fused-ring (bicyclic) bond motifs is 3. The number of aliphatic carboxylic acids is 1. The monoisotopic (exact) mass is 582 g/mol. The molecule has 8 heteroatoms. The van der Waals surface area contributed by atoms with E-state index in [0.717, 1.165) is 38.7 Å². The van der Waals surface area contributed by atoms with Gasteiger partial charge in [0.1, 0.15) is 12.6 Å². The van der Waals surface area contributed by atoms with Crippen LogP contribution >= 0.6 is 22.6 Å². The zero-order valence-electron chi connectivity index (χ0n) is 18.7. The summed E-state index contributed by atoms with van der Waals surface area (Å²) in [6.07, 6.45) is 0.956. The van der Waals surface area contributed by atoms with Crippen molar-refractivity contribution in [3.05, 3.63) is 87.0 Å². The van der Waals surface area contributed by atoms with E-state index in [4.69, 9.17) is 4.74 Å². The lowest BCUT2D eigenvalue weighted by Crippen LogP contribution is -2.42. The maximum absolute atomic E-state index is 12.7. The summed E-state index contributed by atoms with van der Waals surface area (Å²) in [5.74, 6) is -1.61. The molecule has 0 aliphatic heterocycles. The van der Waals surface area contributed by atoms with Crippen molar-refractivity contribution < 1.29 is 24.2 Å². The van der Waals surface area contributed by atoms with Crippen LogP contribution in [0.4, 0.5) is 10.5 Å². The Morgan fingerprint density at radius 3 is 2.20 bits per heavy atom. The molecule has 0 saturated heterocycles. The first-order valence-electron chi connectivity index (χ1n) is 11.4. The average molecular weight is 582 g/mol. The lowest BCUT2D eigenvalue weighted by atomic mass is 9.98. The van der Waals surface area contributed by atoms with Gasteiger partial charge in [-0.3, -0.25) is 10.1 Å².